The van der Waals surface area contributed by atoms with E-state index in [1.807, 2.05) is 22.8 Å². The van der Waals surface area contributed by atoms with Gasteiger partial charge in [0.2, 0.25) is 0 Å². The molecule has 2 atom stereocenters. The summed E-state index contributed by atoms with van der Waals surface area (Å²) in [5.41, 5.74) is 7.32. The average Bonchev–Trinajstić information content (AvgIpc) is 2.33. The normalized spacial score (nSPS) is 21.5. The summed E-state index contributed by atoms with van der Waals surface area (Å²) in [5.74, 6) is 0.776. The van der Waals surface area contributed by atoms with Gasteiger partial charge in [-0.15, -0.1) is 0 Å². The van der Waals surface area contributed by atoms with Crippen LogP contribution in [0.5, 0.6) is 5.75 Å². The zero-order valence-electron chi connectivity index (χ0n) is 8.45. The standard InChI is InChI=1S/C8H13N4OP3/c1-2-6-5-7(9)3-4-8(6)13-12-15-10-14-11-16-12/h2-5,10-11,14-16H,1,9H2. The number of nitrogens with one attached hydrogen (secondary N) is 2. The molecule has 2 unspecified atom stereocenters. The lowest BCUT2D eigenvalue weighted by Crippen LogP contribution is -2.19. The Kier molecular flexibility index (Phi) is 4.48. The summed E-state index contributed by atoms with van der Waals surface area (Å²) in [4.78, 5) is 12.2. The van der Waals surface area contributed by atoms with E-state index in [-0.39, 0.29) is 0 Å². The first-order valence-corrected chi connectivity index (χ1v) is 7.45. The highest BCUT2D eigenvalue weighted by Crippen LogP contribution is 2.38. The molecule has 0 amide bonds. The van der Waals surface area contributed by atoms with Crippen molar-refractivity contribution in [3.05, 3.63) is 30.3 Å². The molecule has 0 aliphatic carbocycles. The number of hydrogen-bond acceptors (Lipinski definition) is 5. The Morgan fingerprint density at radius 3 is 2.81 bits per heavy atom. The number of nitrogens with zero attached hydrogens (tertiary/aromatic N) is 1. The third kappa shape index (κ3) is 3.11. The van der Waals surface area contributed by atoms with Crippen molar-refractivity contribution in [1.82, 2.24) is 14.3 Å². The van der Waals surface area contributed by atoms with Gasteiger partial charge in [-0.1, -0.05) is 17.3 Å². The molecule has 2 rings (SSSR count). The predicted octanol–water partition coefficient (Wildman–Crippen LogP) is 2.23. The van der Waals surface area contributed by atoms with Gasteiger partial charge in [-0.05, 0) is 18.2 Å². The van der Waals surface area contributed by atoms with E-state index in [0.717, 1.165) is 11.3 Å². The molecule has 4 N–H and O–H groups in total. The molecule has 1 aliphatic rings. The van der Waals surface area contributed by atoms with E-state index in [9.17, 15) is 0 Å². The highest BCUT2D eigenvalue weighted by molar-refractivity contribution is 7.65. The second-order valence-electron chi connectivity index (χ2n) is 2.99. The van der Waals surface area contributed by atoms with Crippen LogP contribution in [0.25, 0.3) is 6.08 Å². The molecule has 8 heteroatoms. The summed E-state index contributed by atoms with van der Waals surface area (Å²) < 4.78 is 1.86. The molecule has 1 aromatic carbocycles. The molecule has 0 saturated carbocycles. The lowest BCUT2D eigenvalue weighted by molar-refractivity contribution is 0.146. The fourth-order valence-corrected chi connectivity index (χ4v) is 4.76. The molecule has 1 aliphatic heterocycles. The molecule has 1 fully saturated rings. The van der Waals surface area contributed by atoms with Crippen LogP contribution in [0.4, 0.5) is 5.69 Å². The number of nitrogen functional groups attached to an aromatic ring is 1. The Bertz CT molecular complexity index is 384. The molecule has 0 spiro atoms. The minimum absolute atomic E-state index is 0.471. The van der Waals surface area contributed by atoms with E-state index in [0.29, 0.717) is 32.3 Å². The van der Waals surface area contributed by atoms with Gasteiger partial charge in [0, 0.05) is 20.1 Å². The van der Waals surface area contributed by atoms with Crippen molar-refractivity contribution in [3.63, 3.8) is 0 Å². The third-order valence-corrected chi connectivity index (χ3v) is 5.04. The number of rotatable bonds is 3. The first-order valence-electron chi connectivity index (χ1n) is 4.56. The van der Waals surface area contributed by atoms with Gasteiger partial charge in [0.15, 0.2) is 5.75 Å². The quantitative estimate of drug-likeness (QED) is 0.582. The first kappa shape index (κ1) is 12.2. The summed E-state index contributed by atoms with van der Waals surface area (Å²) in [6, 6.07) is 5.53. The predicted molar refractivity (Wildman–Crippen MR) is 74.6 cm³/mol. The fourth-order valence-electron chi connectivity index (χ4n) is 1.17. The minimum atomic E-state index is 0.471. The molecule has 86 valence electrons. The van der Waals surface area contributed by atoms with Gasteiger partial charge in [0.1, 0.15) is 0 Å². The third-order valence-electron chi connectivity index (χ3n) is 1.88. The van der Waals surface area contributed by atoms with Gasteiger partial charge in [-0.2, -0.15) is 0 Å². The summed E-state index contributed by atoms with van der Waals surface area (Å²) in [5, 5.41) is 0. The van der Waals surface area contributed by atoms with Gasteiger partial charge in [0.25, 0.3) is 0 Å². The lowest BCUT2D eigenvalue weighted by atomic mass is 10.2. The van der Waals surface area contributed by atoms with Crippen LogP contribution in [-0.4, -0.2) is 4.60 Å². The molecule has 0 bridgehead atoms. The largest absolute Gasteiger partial charge is 0.399 e. The highest BCUT2D eigenvalue weighted by atomic mass is 31.2. The molecule has 1 aromatic rings. The van der Waals surface area contributed by atoms with Crippen LogP contribution >= 0.6 is 26.6 Å². The molecular weight excluding hydrogens is 261 g/mol. The minimum Gasteiger partial charge on any atom is -0.399 e. The van der Waals surface area contributed by atoms with Gasteiger partial charge < -0.3 is 10.6 Å². The van der Waals surface area contributed by atoms with Crippen LogP contribution in [0.1, 0.15) is 5.56 Å². The fraction of sp³-hybridized carbons (Fsp3) is 0. The van der Waals surface area contributed by atoms with E-state index in [4.69, 9.17) is 10.6 Å². The van der Waals surface area contributed by atoms with Crippen LogP contribution in [0.3, 0.4) is 0 Å². The van der Waals surface area contributed by atoms with Crippen LogP contribution in [-0.2, 0) is 0 Å². The Morgan fingerprint density at radius 1 is 1.38 bits per heavy atom. The Labute approximate surface area is 99.8 Å². The van der Waals surface area contributed by atoms with Crippen molar-refractivity contribution in [3.8, 4) is 5.75 Å². The van der Waals surface area contributed by atoms with E-state index in [1.54, 1.807) is 6.08 Å². The van der Waals surface area contributed by atoms with Crippen molar-refractivity contribution in [2.45, 2.75) is 0 Å². The van der Waals surface area contributed by atoms with Crippen molar-refractivity contribution in [2.75, 3.05) is 5.73 Å². The van der Waals surface area contributed by atoms with Crippen molar-refractivity contribution >= 4 is 38.4 Å². The van der Waals surface area contributed by atoms with E-state index in [1.165, 1.54) is 0 Å². The molecule has 0 aromatic heterocycles. The smallest absolute Gasteiger partial charge is 0.155 e. The molecule has 1 heterocycles. The zero-order chi connectivity index (χ0) is 11.4. The van der Waals surface area contributed by atoms with Crippen molar-refractivity contribution in [2.24, 2.45) is 0 Å². The van der Waals surface area contributed by atoms with Crippen LogP contribution < -0.4 is 20.3 Å². The van der Waals surface area contributed by atoms with Crippen molar-refractivity contribution in [1.29, 1.82) is 0 Å². The topological polar surface area (TPSA) is 62.6 Å². The van der Waals surface area contributed by atoms with E-state index in [2.05, 4.69) is 16.3 Å². The monoisotopic (exact) mass is 274 g/mol. The SMILES string of the molecule is C=Cc1cc(N)ccc1ON1PNPNP1. The van der Waals surface area contributed by atoms with Crippen LogP contribution in [0.15, 0.2) is 24.8 Å². The van der Waals surface area contributed by atoms with Crippen LogP contribution in [0, 0.1) is 0 Å². The summed E-state index contributed by atoms with van der Waals surface area (Å²) in [6.45, 7) is 3.75. The lowest BCUT2D eigenvalue weighted by Gasteiger charge is -2.26. The van der Waals surface area contributed by atoms with Crippen molar-refractivity contribution < 1.29 is 4.84 Å². The molecule has 16 heavy (non-hydrogen) atoms. The maximum atomic E-state index is 5.74. The van der Waals surface area contributed by atoms with Gasteiger partial charge >= 0.3 is 0 Å². The number of benzene rings is 1. The average molecular weight is 274 g/mol. The Balaban J connectivity index is 2.10. The number of hydrogen-bond donors (Lipinski definition) is 3. The van der Waals surface area contributed by atoms with Gasteiger partial charge in [0.05, 0.1) is 17.8 Å². The summed E-state index contributed by atoms with van der Waals surface area (Å²) in [6.07, 6.45) is 1.74. The van der Waals surface area contributed by atoms with Gasteiger partial charge in [-0.3, -0.25) is 9.72 Å². The first-order chi connectivity index (χ1) is 7.79. The second-order valence-corrected chi connectivity index (χ2v) is 6.94. The highest BCUT2D eigenvalue weighted by Gasteiger charge is 2.12. The van der Waals surface area contributed by atoms with Crippen LogP contribution in [0.2, 0.25) is 0 Å². The molecule has 0 radical (unpaired) electrons. The summed E-state index contributed by atoms with van der Waals surface area (Å²) in [7, 11) is 1.55. The second kappa shape index (κ2) is 5.88. The summed E-state index contributed by atoms with van der Waals surface area (Å²) >= 11 is 0. The number of nitrogens with two attached hydrogens (primary N) is 1. The Hall–Kier alpha value is -0.270. The molecular formula is C8H13N4OP3. The van der Waals surface area contributed by atoms with Gasteiger partial charge in [-0.25, -0.2) is 0 Å². The molecule has 1 saturated heterocycles. The number of anilines is 1. The maximum absolute atomic E-state index is 5.74. The maximum Gasteiger partial charge on any atom is 0.155 e. The Morgan fingerprint density at radius 2 is 2.12 bits per heavy atom. The van der Waals surface area contributed by atoms with E-state index >= 15 is 0 Å². The van der Waals surface area contributed by atoms with E-state index < -0.39 is 0 Å². The zero-order valence-corrected chi connectivity index (χ0v) is 11.4. The molecule has 5 nitrogen and oxygen atoms in total.